The highest BCUT2D eigenvalue weighted by molar-refractivity contribution is 5.79. The van der Waals surface area contributed by atoms with Crippen molar-refractivity contribution in [2.75, 3.05) is 52.9 Å². The second-order valence-corrected chi connectivity index (χ2v) is 10.7. The number of imidazole rings is 1. The Morgan fingerprint density at radius 3 is 2.29 bits per heavy atom. The molecular weight excluding hydrogens is 386 g/mol. The van der Waals surface area contributed by atoms with Gasteiger partial charge in [0.05, 0.1) is 11.0 Å². The van der Waals surface area contributed by atoms with Crippen LogP contribution in [0.25, 0.3) is 11.0 Å². The Morgan fingerprint density at radius 1 is 0.903 bits per heavy atom. The summed E-state index contributed by atoms with van der Waals surface area (Å²) in [7, 11) is 6.03. The molecule has 0 atom stereocenters. The molecule has 3 aliphatic rings. The summed E-state index contributed by atoms with van der Waals surface area (Å²) in [5.41, 5.74) is 4.01. The second-order valence-electron chi connectivity index (χ2n) is 10.7. The molecule has 3 saturated heterocycles. The fourth-order valence-corrected chi connectivity index (χ4v) is 6.42. The van der Waals surface area contributed by atoms with Crippen LogP contribution in [0.5, 0.6) is 0 Å². The van der Waals surface area contributed by atoms with Crippen LogP contribution in [-0.4, -0.2) is 76.7 Å². The fraction of sp³-hybridized carbons (Fsp3) is 0.720. The third-order valence-electron chi connectivity index (χ3n) is 8.55. The summed E-state index contributed by atoms with van der Waals surface area (Å²) >= 11 is 0. The minimum atomic E-state index is 0.0670. The average Bonchev–Trinajstić information content (AvgIpc) is 3.26. The summed E-state index contributed by atoms with van der Waals surface area (Å²) < 4.78 is 3.59. The molecule has 1 spiro atoms. The normalized spacial score (nSPS) is 24.0. The molecule has 31 heavy (non-hydrogen) atoms. The Hall–Kier alpha value is -1.63. The highest BCUT2D eigenvalue weighted by Crippen LogP contribution is 2.41. The van der Waals surface area contributed by atoms with Gasteiger partial charge in [0, 0.05) is 33.7 Å². The Labute approximate surface area is 186 Å². The maximum atomic E-state index is 12.4. The van der Waals surface area contributed by atoms with E-state index in [1.54, 1.807) is 4.57 Å². The van der Waals surface area contributed by atoms with Crippen LogP contribution < -0.4 is 5.69 Å². The first kappa shape index (κ1) is 21.2. The second kappa shape index (κ2) is 8.38. The molecular formula is C25H39N5O. The van der Waals surface area contributed by atoms with Crippen molar-refractivity contribution in [2.45, 2.75) is 38.6 Å². The molecule has 5 rings (SSSR count). The van der Waals surface area contributed by atoms with Gasteiger partial charge in [-0.3, -0.25) is 14.0 Å². The lowest BCUT2D eigenvalue weighted by atomic mass is 9.77. The maximum absolute atomic E-state index is 12.4. The van der Waals surface area contributed by atoms with Crippen molar-refractivity contribution in [2.24, 2.45) is 25.4 Å². The van der Waals surface area contributed by atoms with E-state index in [1.165, 1.54) is 83.5 Å². The van der Waals surface area contributed by atoms with Crippen molar-refractivity contribution in [3.05, 3.63) is 34.2 Å². The molecule has 0 radical (unpaired) electrons. The minimum Gasteiger partial charge on any atom is -0.306 e. The summed E-state index contributed by atoms with van der Waals surface area (Å²) in [4.78, 5) is 20.3. The van der Waals surface area contributed by atoms with Crippen LogP contribution in [0.3, 0.4) is 0 Å². The van der Waals surface area contributed by atoms with E-state index >= 15 is 0 Å². The van der Waals surface area contributed by atoms with Gasteiger partial charge in [0.1, 0.15) is 0 Å². The number of aryl methyl sites for hydroxylation is 2. The number of para-hydroxylation sites is 1. The number of nitrogens with zero attached hydrogens (tertiary/aromatic N) is 5. The molecule has 1 aromatic heterocycles. The highest BCUT2D eigenvalue weighted by Gasteiger charge is 2.40. The Bertz CT molecular complexity index is 976. The molecule has 3 fully saturated rings. The zero-order chi connectivity index (χ0) is 21.6. The lowest BCUT2D eigenvalue weighted by molar-refractivity contribution is 0.0821. The summed E-state index contributed by atoms with van der Waals surface area (Å²) in [6.07, 6.45) is 6.78. The van der Waals surface area contributed by atoms with Crippen molar-refractivity contribution in [3.8, 4) is 0 Å². The number of hydrogen-bond donors (Lipinski definition) is 0. The van der Waals surface area contributed by atoms with Crippen LogP contribution in [0.2, 0.25) is 0 Å². The molecule has 0 bridgehead atoms. The minimum absolute atomic E-state index is 0.0670. The number of fused-ring (bicyclic) bond motifs is 1. The average molecular weight is 426 g/mol. The lowest BCUT2D eigenvalue weighted by Crippen LogP contribution is -2.44. The molecule has 1 aromatic carbocycles. The molecule has 170 valence electrons. The molecule has 6 heteroatoms. The number of benzene rings is 1. The Morgan fingerprint density at radius 2 is 1.58 bits per heavy atom. The Balaban J connectivity index is 1.19. The summed E-state index contributed by atoms with van der Waals surface area (Å²) in [6.45, 7) is 9.78. The van der Waals surface area contributed by atoms with Gasteiger partial charge in [-0.25, -0.2) is 4.79 Å². The Kier molecular flexibility index (Phi) is 5.74. The van der Waals surface area contributed by atoms with Crippen LogP contribution in [0, 0.1) is 11.3 Å². The van der Waals surface area contributed by atoms with E-state index in [0.717, 1.165) is 23.5 Å². The number of aromatic nitrogens is 2. The lowest BCUT2D eigenvalue weighted by Gasteiger charge is -2.41. The monoisotopic (exact) mass is 425 g/mol. The van der Waals surface area contributed by atoms with E-state index in [0.29, 0.717) is 5.41 Å². The molecule has 0 N–H and O–H groups in total. The number of piperidine rings is 2. The molecule has 0 aliphatic carbocycles. The largest absolute Gasteiger partial charge is 0.328 e. The summed E-state index contributed by atoms with van der Waals surface area (Å²) in [5.74, 6) is 0.906. The molecule has 0 unspecified atom stereocenters. The van der Waals surface area contributed by atoms with Crippen molar-refractivity contribution in [1.82, 2.24) is 23.8 Å². The van der Waals surface area contributed by atoms with Crippen LogP contribution in [0.1, 0.15) is 37.7 Å². The van der Waals surface area contributed by atoms with E-state index in [9.17, 15) is 4.79 Å². The first-order valence-corrected chi connectivity index (χ1v) is 12.2. The SMILES string of the molecule is CN1CCC(CN2CCC3(CC2)CCN(Cc2cccc4c2n(C)c(=O)n4C)C3)CC1. The van der Waals surface area contributed by atoms with Gasteiger partial charge in [0.15, 0.2) is 0 Å². The standard InChI is InChI=1S/C25H39N5O/c1-26-12-7-20(8-13-26)17-29-14-9-25(10-15-29)11-16-30(19-25)18-21-5-4-6-22-23(21)28(3)24(31)27(22)2/h4-6,20H,7-19H2,1-3H3. The maximum Gasteiger partial charge on any atom is 0.328 e. The van der Waals surface area contributed by atoms with Crippen LogP contribution in [-0.2, 0) is 20.6 Å². The molecule has 3 aliphatic heterocycles. The third kappa shape index (κ3) is 4.10. The van der Waals surface area contributed by atoms with Gasteiger partial charge < -0.3 is 9.80 Å². The van der Waals surface area contributed by atoms with Gasteiger partial charge in [-0.1, -0.05) is 12.1 Å². The van der Waals surface area contributed by atoms with Gasteiger partial charge >= 0.3 is 5.69 Å². The van der Waals surface area contributed by atoms with Crippen molar-refractivity contribution >= 4 is 11.0 Å². The van der Waals surface area contributed by atoms with E-state index in [2.05, 4.69) is 39.9 Å². The molecule has 2 aromatic rings. The number of hydrogen-bond acceptors (Lipinski definition) is 4. The topological polar surface area (TPSA) is 36.6 Å². The van der Waals surface area contributed by atoms with Gasteiger partial charge in [-0.15, -0.1) is 0 Å². The predicted octanol–water partition coefficient (Wildman–Crippen LogP) is 2.51. The molecule has 0 saturated carbocycles. The van der Waals surface area contributed by atoms with Crippen molar-refractivity contribution < 1.29 is 0 Å². The van der Waals surface area contributed by atoms with Gasteiger partial charge in [0.2, 0.25) is 0 Å². The summed E-state index contributed by atoms with van der Waals surface area (Å²) in [6, 6.07) is 6.37. The van der Waals surface area contributed by atoms with E-state index in [1.807, 2.05) is 18.7 Å². The molecule has 0 amide bonds. The van der Waals surface area contributed by atoms with Crippen molar-refractivity contribution in [3.63, 3.8) is 0 Å². The van der Waals surface area contributed by atoms with Gasteiger partial charge in [-0.2, -0.15) is 0 Å². The van der Waals surface area contributed by atoms with Gasteiger partial charge in [-0.05, 0) is 94.8 Å². The fourth-order valence-electron chi connectivity index (χ4n) is 6.42. The molecule has 4 heterocycles. The zero-order valence-corrected chi connectivity index (χ0v) is 19.6. The number of rotatable bonds is 4. The van der Waals surface area contributed by atoms with Crippen LogP contribution in [0.15, 0.2) is 23.0 Å². The van der Waals surface area contributed by atoms with E-state index in [4.69, 9.17) is 0 Å². The predicted molar refractivity (Wildman–Crippen MR) is 126 cm³/mol. The highest BCUT2D eigenvalue weighted by atomic mass is 16.1. The van der Waals surface area contributed by atoms with Crippen LogP contribution in [0.4, 0.5) is 0 Å². The third-order valence-corrected chi connectivity index (χ3v) is 8.55. The first-order valence-electron chi connectivity index (χ1n) is 12.2. The summed E-state index contributed by atoms with van der Waals surface area (Å²) in [5, 5.41) is 0. The van der Waals surface area contributed by atoms with Gasteiger partial charge in [0.25, 0.3) is 0 Å². The first-order chi connectivity index (χ1) is 14.9. The number of likely N-dealkylation sites (tertiary alicyclic amines) is 3. The van der Waals surface area contributed by atoms with Crippen LogP contribution >= 0.6 is 0 Å². The zero-order valence-electron chi connectivity index (χ0n) is 19.6. The van der Waals surface area contributed by atoms with E-state index in [-0.39, 0.29) is 5.69 Å². The van der Waals surface area contributed by atoms with Crippen molar-refractivity contribution in [1.29, 1.82) is 0 Å². The quantitative estimate of drug-likeness (QED) is 0.754. The molecule has 6 nitrogen and oxygen atoms in total. The van der Waals surface area contributed by atoms with E-state index < -0.39 is 0 Å². The smallest absolute Gasteiger partial charge is 0.306 e.